The van der Waals surface area contributed by atoms with Crippen LogP contribution < -0.4 is 0 Å². The van der Waals surface area contributed by atoms with E-state index in [9.17, 15) is 5.26 Å². The Morgan fingerprint density at radius 3 is 2.53 bits per heavy atom. The Bertz CT molecular complexity index is 419. The summed E-state index contributed by atoms with van der Waals surface area (Å²) in [6.45, 7) is 8.54. The minimum absolute atomic E-state index is 0.0773. The second kappa shape index (κ2) is 4.75. The lowest BCUT2D eigenvalue weighted by atomic mass is 9.98. The van der Waals surface area contributed by atoms with Crippen LogP contribution in [0.3, 0.4) is 0 Å². The van der Waals surface area contributed by atoms with Crippen molar-refractivity contribution in [2.45, 2.75) is 45.1 Å². The van der Waals surface area contributed by atoms with Crippen LogP contribution in [0.5, 0.6) is 0 Å². The summed E-state index contributed by atoms with van der Waals surface area (Å²) in [5.41, 5.74) is 1.01. The van der Waals surface area contributed by atoms with E-state index in [0.717, 1.165) is 23.8 Å². The molecule has 1 atom stereocenters. The maximum Gasteiger partial charge on any atom is 0.141 e. The number of hydrogen-bond acceptors (Lipinski definition) is 4. The molecule has 1 aromatic heterocycles. The fourth-order valence-electron chi connectivity index (χ4n) is 2.09. The van der Waals surface area contributed by atoms with Crippen LogP contribution in [0.25, 0.3) is 0 Å². The van der Waals surface area contributed by atoms with E-state index in [1.54, 1.807) is 11.3 Å². The SMILES string of the molecule is CC(C)(C)c1nc(C(C#N)N2CCCC2)cs1. The van der Waals surface area contributed by atoms with Crippen molar-refractivity contribution in [3.63, 3.8) is 0 Å². The summed E-state index contributed by atoms with van der Waals surface area (Å²) in [5.74, 6) is 0. The summed E-state index contributed by atoms with van der Waals surface area (Å²) in [6.07, 6.45) is 2.41. The molecule has 0 radical (unpaired) electrons. The molecule has 3 nitrogen and oxygen atoms in total. The van der Waals surface area contributed by atoms with Crippen LogP contribution in [0, 0.1) is 11.3 Å². The molecule has 17 heavy (non-hydrogen) atoms. The third-order valence-corrected chi connectivity index (χ3v) is 4.36. The third kappa shape index (κ3) is 2.67. The van der Waals surface area contributed by atoms with Crippen LogP contribution in [0.4, 0.5) is 0 Å². The van der Waals surface area contributed by atoms with Crippen LogP contribution in [-0.4, -0.2) is 23.0 Å². The number of rotatable bonds is 2. The van der Waals surface area contributed by atoms with Gasteiger partial charge in [0.15, 0.2) is 0 Å². The highest BCUT2D eigenvalue weighted by Gasteiger charge is 2.27. The molecule has 4 heteroatoms. The molecule has 2 heterocycles. The van der Waals surface area contributed by atoms with Crippen molar-refractivity contribution in [3.8, 4) is 6.07 Å². The van der Waals surface area contributed by atoms with E-state index in [2.05, 4.69) is 36.7 Å². The predicted octanol–water partition coefficient (Wildman–Crippen LogP) is 3.10. The zero-order valence-corrected chi connectivity index (χ0v) is 11.5. The zero-order chi connectivity index (χ0) is 12.5. The summed E-state index contributed by atoms with van der Waals surface area (Å²) in [6, 6.07) is 2.25. The maximum absolute atomic E-state index is 9.32. The molecule has 92 valence electrons. The molecule has 0 bridgehead atoms. The van der Waals surface area contributed by atoms with Gasteiger partial charge in [0.2, 0.25) is 0 Å². The van der Waals surface area contributed by atoms with Gasteiger partial charge in [-0.3, -0.25) is 4.90 Å². The fourth-order valence-corrected chi connectivity index (χ4v) is 3.02. The van der Waals surface area contributed by atoms with Gasteiger partial charge in [0.1, 0.15) is 6.04 Å². The number of thiazole rings is 1. The summed E-state index contributed by atoms with van der Waals surface area (Å²) in [7, 11) is 0. The quantitative estimate of drug-likeness (QED) is 0.808. The van der Waals surface area contributed by atoms with Gasteiger partial charge in [-0.1, -0.05) is 20.8 Å². The van der Waals surface area contributed by atoms with Gasteiger partial charge >= 0.3 is 0 Å². The van der Waals surface area contributed by atoms with Gasteiger partial charge in [-0.05, 0) is 25.9 Å². The monoisotopic (exact) mass is 249 g/mol. The van der Waals surface area contributed by atoms with Crippen molar-refractivity contribution in [3.05, 3.63) is 16.1 Å². The molecular formula is C13H19N3S. The van der Waals surface area contributed by atoms with Gasteiger partial charge in [-0.15, -0.1) is 11.3 Å². The molecule has 0 aliphatic carbocycles. The Kier molecular flexibility index (Phi) is 3.50. The Morgan fingerprint density at radius 1 is 1.41 bits per heavy atom. The van der Waals surface area contributed by atoms with Crippen LogP contribution >= 0.6 is 11.3 Å². The van der Waals surface area contributed by atoms with Gasteiger partial charge in [0.05, 0.1) is 16.8 Å². The highest BCUT2D eigenvalue weighted by molar-refractivity contribution is 7.09. The van der Waals surface area contributed by atoms with E-state index < -0.39 is 0 Å². The van der Waals surface area contributed by atoms with Crippen LogP contribution in [0.15, 0.2) is 5.38 Å². The zero-order valence-electron chi connectivity index (χ0n) is 10.7. The fraction of sp³-hybridized carbons (Fsp3) is 0.692. The molecule has 1 aliphatic heterocycles. The lowest BCUT2D eigenvalue weighted by molar-refractivity contribution is 0.290. The second-order valence-electron chi connectivity index (χ2n) is 5.60. The predicted molar refractivity (Wildman–Crippen MR) is 70.0 cm³/mol. The lowest BCUT2D eigenvalue weighted by Crippen LogP contribution is -2.25. The standard InChI is InChI=1S/C13H19N3S/c1-13(2,3)12-15-10(9-17-12)11(8-14)16-6-4-5-7-16/h9,11H,4-7H2,1-3H3. The first kappa shape index (κ1) is 12.5. The number of nitriles is 1. The topological polar surface area (TPSA) is 39.9 Å². The molecular weight excluding hydrogens is 230 g/mol. The van der Waals surface area contributed by atoms with E-state index in [-0.39, 0.29) is 11.5 Å². The Labute approximate surface area is 107 Å². The van der Waals surface area contributed by atoms with Gasteiger partial charge in [-0.25, -0.2) is 4.98 Å². The Morgan fingerprint density at radius 2 is 2.06 bits per heavy atom. The molecule has 2 rings (SSSR count). The average Bonchev–Trinajstić information content (AvgIpc) is 2.87. The smallest absolute Gasteiger partial charge is 0.141 e. The summed E-state index contributed by atoms with van der Waals surface area (Å²) in [4.78, 5) is 6.89. The first-order chi connectivity index (χ1) is 8.02. The minimum Gasteiger partial charge on any atom is -0.283 e. The van der Waals surface area contributed by atoms with Crippen molar-refractivity contribution >= 4 is 11.3 Å². The first-order valence-electron chi connectivity index (χ1n) is 6.12. The lowest BCUT2D eigenvalue weighted by Gasteiger charge is -2.19. The number of likely N-dealkylation sites (tertiary alicyclic amines) is 1. The molecule has 1 saturated heterocycles. The van der Waals surface area contributed by atoms with E-state index in [1.807, 2.05) is 5.38 Å². The van der Waals surface area contributed by atoms with Crippen molar-refractivity contribution in [1.29, 1.82) is 5.26 Å². The van der Waals surface area contributed by atoms with Crippen molar-refractivity contribution < 1.29 is 0 Å². The van der Waals surface area contributed by atoms with Crippen molar-refractivity contribution in [2.24, 2.45) is 0 Å². The van der Waals surface area contributed by atoms with Crippen LogP contribution in [0.2, 0.25) is 0 Å². The second-order valence-corrected chi connectivity index (χ2v) is 6.46. The summed E-state index contributed by atoms with van der Waals surface area (Å²) >= 11 is 1.67. The van der Waals surface area contributed by atoms with Gasteiger partial charge in [-0.2, -0.15) is 5.26 Å². The Balaban J connectivity index is 2.20. The molecule has 1 aliphatic rings. The summed E-state index contributed by atoms with van der Waals surface area (Å²) < 4.78 is 0. The average molecular weight is 249 g/mol. The van der Waals surface area contributed by atoms with Gasteiger partial charge in [0, 0.05) is 10.8 Å². The first-order valence-corrected chi connectivity index (χ1v) is 7.00. The maximum atomic E-state index is 9.32. The van der Waals surface area contributed by atoms with Crippen LogP contribution in [-0.2, 0) is 5.41 Å². The van der Waals surface area contributed by atoms with E-state index in [4.69, 9.17) is 0 Å². The molecule has 0 aromatic carbocycles. The van der Waals surface area contributed by atoms with Crippen molar-refractivity contribution in [2.75, 3.05) is 13.1 Å². The number of aromatic nitrogens is 1. The molecule has 1 unspecified atom stereocenters. The number of nitrogens with zero attached hydrogens (tertiary/aromatic N) is 3. The molecule has 1 aromatic rings. The van der Waals surface area contributed by atoms with Crippen molar-refractivity contribution in [1.82, 2.24) is 9.88 Å². The molecule has 0 saturated carbocycles. The van der Waals surface area contributed by atoms with Gasteiger partial charge in [0.25, 0.3) is 0 Å². The molecule has 0 amide bonds. The largest absolute Gasteiger partial charge is 0.283 e. The van der Waals surface area contributed by atoms with Crippen LogP contribution in [0.1, 0.15) is 50.4 Å². The highest BCUT2D eigenvalue weighted by atomic mass is 32.1. The molecule has 0 spiro atoms. The third-order valence-electron chi connectivity index (χ3n) is 3.07. The molecule has 1 fully saturated rings. The van der Waals surface area contributed by atoms with E-state index in [0.29, 0.717) is 0 Å². The van der Waals surface area contributed by atoms with E-state index >= 15 is 0 Å². The number of hydrogen-bond donors (Lipinski definition) is 0. The summed E-state index contributed by atoms with van der Waals surface area (Å²) in [5, 5.41) is 12.5. The van der Waals surface area contributed by atoms with Gasteiger partial charge < -0.3 is 0 Å². The molecule has 0 N–H and O–H groups in total. The normalized spacial score (nSPS) is 19.2. The minimum atomic E-state index is -0.148. The highest BCUT2D eigenvalue weighted by Crippen LogP contribution is 2.30. The Hall–Kier alpha value is -0.920. The van der Waals surface area contributed by atoms with E-state index in [1.165, 1.54) is 12.8 Å².